The van der Waals surface area contributed by atoms with Crippen LogP contribution in [0.2, 0.25) is 0 Å². The molecule has 0 saturated heterocycles. The maximum absolute atomic E-state index is 12.2. The molecular formula is C20H24BrNO4. The molecule has 0 fully saturated rings. The van der Waals surface area contributed by atoms with Gasteiger partial charge in [0.15, 0.2) is 11.5 Å². The Morgan fingerprint density at radius 1 is 1.00 bits per heavy atom. The van der Waals surface area contributed by atoms with Gasteiger partial charge in [-0.05, 0) is 43.7 Å². The van der Waals surface area contributed by atoms with Crippen molar-refractivity contribution in [1.82, 2.24) is 5.32 Å². The molecule has 0 radical (unpaired) electrons. The van der Waals surface area contributed by atoms with Crippen molar-refractivity contribution in [1.29, 1.82) is 0 Å². The minimum Gasteiger partial charge on any atom is -0.492 e. The van der Waals surface area contributed by atoms with E-state index in [2.05, 4.69) is 21.2 Å². The van der Waals surface area contributed by atoms with Crippen molar-refractivity contribution in [3.63, 3.8) is 0 Å². The summed E-state index contributed by atoms with van der Waals surface area (Å²) in [5.41, 5.74) is 0.846. The first kappa shape index (κ1) is 20.1. The first-order chi connectivity index (χ1) is 12.6. The molecule has 0 bridgehead atoms. The number of halogens is 1. The molecule has 140 valence electrons. The molecule has 0 aliphatic carbocycles. The highest BCUT2D eigenvalue weighted by molar-refractivity contribution is 9.10. The van der Waals surface area contributed by atoms with Crippen molar-refractivity contribution >= 4 is 21.8 Å². The van der Waals surface area contributed by atoms with Gasteiger partial charge in [0.2, 0.25) is 5.91 Å². The maximum atomic E-state index is 12.2. The standard InChI is InChI=1S/C20H24BrNO4/c1-3-24-18-12-15(17(21)14-19(18)25-4-2)13-20(23)22-10-11-26-16-8-6-5-7-9-16/h5-9,12,14H,3-4,10-11,13H2,1-2H3,(H,22,23). The van der Waals surface area contributed by atoms with E-state index in [4.69, 9.17) is 14.2 Å². The van der Waals surface area contributed by atoms with Crippen LogP contribution in [0.1, 0.15) is 19.4 Å². The van der Waals surface area contributed by atoms with E-state index in [9.17, 15) is 4.79 Å². The van der Waals surface area contributed by atoms with Crippen LogP contribution in [0.25, 0.3) is 0 Å². The molecule has 1 amide bonds. The van der Waals surface area contributed by atoms with Gasteiger partial charge in [-0.3, -0.25) is 4.79 Å². The van der Waals surface area contributed by atoms with Gasteiger partial charge < -0.3 is 19.5 Å². The minimum atomic E-state index is -0.0750. The van der Waals surface area contributed by atoms with Crippen molar-refractivity contribution in [2.45, 2.75) is 20.3 Å². The van der Waals surface area contributed by atoms with Gasteiger partial charge in [0.25, 0.3) is 0 Å². The summed E-state index contributed by atoms with van der Waals surface area (Å²) in [6.45, 7) is 5.78. The Balaban J connectivity index is 1.88. The van der Waals surface area contributed by atoms with Crippen LogP contribution in [0.4, 0.5) is 0 Å². The third-order valence-corrected chi connectivity index (χ3v) is 4.24. The van der Waals surface area contributed by atoms with Crippen molar-refractivity contribution in [3.8, 4) is 17.2 Å². The van der Waals surface area contributed by atoms with E-state index in [0.29, 0.717) is 37.9 Å². The molecule has 0 aromatic heterocycles. The average molecular weight is 422 g/mol. The van der Waals surface area contributed by atoms with Gasteiger partial charge in [-0.25, -0.2) is 0 Å². The molecular weight excluding hydrogens is 398 g/mol. The van der Waals surface area contributed by atoms with E-state index in [0.717, 1.165) is 15.8 Å². The topological polar surface area (TPSA) is 56.8 Å². The predicted octanol–water partition coefficient (Wildman–Crippen LogP) is 3.98. The summed E-state index contributed by atoms with van der Waals surface area (Å²) in [6, 6.07) is 13.2. The largest absolute Gasteiger partial charge is 0.492 e. The lowest BCUT2D eigenvalue weighted by atomic mass is 10.1. The third-order valence-electron chi connectivity index (χ3n) is 3.50. The second-order valence-electron chi connectivity index (χ2n) is 5.44. The minimum absolute atomic E-state index is 0.0750. The van der Waals surface area contributed by atoms with Gasteiger partial charge in [0.05, 0.1) is 26.2 Å². The fourth-order valence-electron chi connectivity index (χ4n) is 2.36. The van der Waals surface area contributed by atoms with Crippen LogP contribution >= 0.6 is 15.9 Å². The van der Waals surface area contributed by atoms with Gasteiger partial charge in [-0.1, -0.05) is 34.1 Å². The fraction of sp³-hybridized carbons (Fsp3) is 0.350. The summed E-state index contributed by atoms with van der Waals surface area (Å²) in [5, 5.41) is 2.86. The van der Waals surface area contributed by atoms with E-state index < -0.39 is 0 Å². The molecule has 0 aliphatic rings. The van der Waals surface area contributed by atoms with Gasteiger partial charge in [0.1, 0.15) is 12.4 Å². The van der Waals surface area contributed by atoms with Crippen LogP contribution in [-0.2, 0) is 11.2 Å². The van der Waals surface area contributed by atoms with Crippen LogP contribution in [0.15, 0.2) is 46.9 Å². The average Bonchev–Trinajstić information content (AvgIpc) is 2.64. The first-order valence-electron chi connectivity index (χ1n) is 8.66. The molecule has 2 aromatic rings. The Morgan fingerprint density at radius 3 is 2.31 bits per heavy atom. The first-order valence-corrected chi connectivity index (χ1v) is 9.45. The number of nitrogens with one attached hydrogen (secondary N) is 1. The Kier molecular flexibility index (Phi) is 8.28. The smallest absolute Gasteiger partial charge is 0.224 e. The summed E-state index contributed by atoms with van der Waals surface area (Å²) in [4.78, 5) is 12.2. The number of para-hydroxylation sites is 1. The Morgan fingerprint density at radius 2 is 1.65 bits per heavy atom. The number of carbonyl (C=O) groups excluding carboxylic acids is 1. The predicted molar refractivity (Wildman–Crippen MR) is 105 cm³/mol. The van der Waals surface area contributed by atoms with Crippen molar-refractivity contribution in [2.24, 2.45) is 0 Å². The van der Waals surface area contributed by atoms with Crippen LogP contribution in [-0.4, -0.2) is 32.3 Å². The lowest BCUT2D eigenvalue weighted by Gasteiger charge is -2.14. The Hall–Kier alpha value is -2.21. The summed E-state index contributed by atoms with van der Waals surface area (Å²) >= 11 is 3.50. The zero-order valence-electron chi connectivity index (χ0n) is 15.1. The molecule has 0 atom stereocenters. The quantitative estimate of drug-likeness (QED) is 0.589. The van der Waals surface area contributed by atoms with Crippen molar-refractivity contribution in [3.05, 3.63) is 52.5 Å². The molecule has 5 nitrogen and oxygen atoms in total. The number of carbonyl (C=O) groups is 1. The molecule has 0 aliphatic heterocycles. The monoisotopic (exact) mass is 421 g/mol. The van der Waals surface area contributed by atoms with Crippen molar-refractivity contribution < 1.29 is 19.0 Å². The van der Waals surface area contributed by atoms with Crippen LogP contribution in [0, 0.1) is 0 Å². The number of rotatable bonds is 10. The summed E-state index contributed by atoms with van der Waals surface area (Å²) < 4.78 is 17.6. The fourth-order valence-corrected chi connectivity index (χ4v) is 2.82. The molecule has 0 spiro atoms. The Labute approximate surface area is 162 Å². The molecule has 6 heteroatoms. The van der Waals surface area contributed by atoms with E-state index in [1.54, 1.807) is 0 Å². The number of amides is 1. The number of hydrogen-bond acceptors (Lipinski definition) is 4. The SMILES string of the molecule is CCOc1cc(Br)c(CC(=O)NCCOc2ccccc2)cc1OCC. The van der Waals surface area contributed by atoms with Crippen LogP contribution < -0.4 is 19.5 Å². The molecule has 2 aromatic carbocycles. The molecule has 0 saturated carbocycles. The summed E-state index contributed by atoms with van der Waals surface area (Å²) in [5.74, 6) is 2.03. The number of hydrogen-bond donors (Lipinski definition) is 1. The van der Waals surface area contributed by atoms with E-state index in [-0.39, 0.29) is 12.3 Å². The summed E-state index contributed by atoms with van der Waals surface area (Å²) in [7, 11) is 0. The lowest BCUT2D eigenvalue weighted by Crippen LogP contribution is -2.29. The van der Waals surface area contributed by atoms with E-state index >= 15 is 0 Å². The highest BCUT2D eigenvalue weighted by atomic mass is 79.9. The third kappa shape index (κ3) is 6.26. The molecule has 26 heavy (non-hydrogen) atoms. The second-order valence-corrected chi connectivity index (χ2v) is 6.30. The van der Waals surface area contributed by atoms with E-state index in [1.807, 2.05) is 56.3 Å². The Bertz CT molecular complexity index is 706. The van der Waals surface area contributed by atoms with Gasteiger partial charge in [-0.15, -0.1) is 0 Å². The normalized spacial score (nSPS) is 10.3. The van der Waals surface area contributed by atoms with Gasteiger partial charge >= 0.3 is 0 Å². The number of ether oxygens (including phenoxy) is 3. The van der Waals surface area contributed by atoms with Gasteiger partial charge in [-0.2, -0.15) is 0 Å². The van der Waals surface area contributed by atoms with Crippen LogP contribution in [0.3, 0.4) is 0 Å². The molecule has 0 unspecified atom stereocenters. The number of benzene rings is 2. The molecule has 2 rings (SSSR count). The van der Waals surface area contributed by atoms with E-state index in [1.165, 1.54) is 0 Å². The van der Waals surface area contributed by atoms with Crippen LogP contribution in [0.5, 0.6) is 17.2 Å². The lowest BCUT2D eigenvalue weighted by molar-refractivity contribution is -0.120. The highest BCUT2D eigenvalue weighted by Crippen LogP contribution is 2.34. The zero-order valence-corrected chi connectivity index (χ0v) is 16.7. The molecule has 1 N–H and O–H groups in total. The summed E-state index contributed by atoms with van der Waals surface area (Å²) in [6.07, 6.45) is 0.248. The second kappa shape index (κ2) is 10.7. The highest BCUT2D eigenvalue weighted by Gasteiger charge is 2.13. The zero-order chi connectivity index (χ0) is 18.8. The molecule has 0 heterocycles. The maximum Gasteiger partial charge on any atom is 0.224 e. The van der Waals surface area contributed by atoms with Gasteiger partial charge in [0, 0.05) is 4.47 Å². The van der Waals surface area contributed by atoms with Crippen molar-refractivity contribution in [2.75, 3.05) is 26.4 Å².